The van der Waals surface area contributed by atoms with Gasteiger partial charge in [0.1, 0.15) is 16.2 Å². The number of fused-ring (bicyclic) bond motifs is 10. The van der Waals surface area contributed by atoms with Gasteiger partial charge in [0.05, 0.1) is 21.3 Å². The lowest BCUT2D eigenvalue weighted by molar-refractivity contribution is 0.670. The minimum atomic E-state index is 0.884. The highest BCUT2D eigenvalue weighted by Crippen LogP contribution is 2.45. The molecule has 0 spiro atoms. The molecule has 0 radical (unpaired) electrons. The molecule has 0 amide bonds. The second-order valence-electron chi connectivity index (χ2n) is 14.3. The quantitative estimate of drug-likeness (QED) is 0.181. The van der Waals surface area contributed by atoms with Gasteiger partial charge in [-0.2, -0.15) is 0 Å². The van der Waals surface area contributed by atoms with Crippen LogP contribution in [0.15, 0.2) is 186 Å². The van der Waals surface area contributed by atoms with Crippen LogP contribution in [0.2, 0.25) is 0 Å². The van der Waals surface area contributed by atoms with Crippen molar-refractivity contribution in [2.45, 2.75) is 0 Å². The van der Waals surface area contributed by atoms with Crippen molar-refractivity contribution < 1.29 is 4.42 Å². The molecule has 9 aromatic carbocycles. The standard InChI is InChI=1S/C51H30N2OS/c1-2-12-35-28-37(26-24-31(35)10-1)53-45-18-7-5-15-40(45)41-27-25-36(29-46(41)53)51-52-44-30-43(49-48(50(44)55-51)42-16-6-8-19-47(42)54-49)34-22-20-33(21-23-34)39-17-9-13-32-11-3-4-14-38(32)39/h1-30H. The van der Waals surface area contributed by atoms with E-state index < -0.39 is 0 Å². The van der Waals surface area contributed by atoms with Crippen LogP contribution in [-0.4, -0.2) is 9.55 Å². The molecule has 3 nitrogen and oxygen atoms in total. The maximum absolute atomic E-state index is 6.70. The lowest BCUT2D eigenvalue weighted by Crippen LogP contribution is -1.94. The summed E-state index contributed by atoms with van der Waals surface area (Å²) in [5, 5.41) is 10.6. The second kappa shape index (κ2) is 11.7. The van der Waals surface area contributed by atoms with Crippen LogP contribution in [0, 0.1) is 0 Å². The van der Waals surface area contributed by atoms with Crippen LogP contribution in [0.25, 0.3) is 114 Å². The highest BCUT2D eigenvalue weighted by molar-refractivity contribution is 7.22. The summed E-state index contributed by atoms with van der Waals surface area (Å²) in [6.07, 6.45) is 0. The van der Waals surface area contributed by atoms with Crippen molar-refractivity contribution in [2.75, 3.05) is 0 Å². The van der Waals surface area contributed by atoms with Gasteiger partial charge in [0, 0.05) is 38.4 Å². The van der Waals surface area contributed by atoms with Gasteiger partial charge in [-0.3, -0.25) is 0 Å². The normalized spacial score (nSPS) is 12.0. The maximum Gasteiger partial charge on any atom is 0.144 e. The molecule has 0 aliphatic carbocycles. The van der Waals surface area contributed by atoms with E-state index in [2.05, 4.69) is 180 Å². The van der Waals surface area contributed by atoms with Crippen LogP contribution in [0.1, 0.15) is 0 Å². The molecule has 12 aromatic rings. The number of furan rings is 1. The number of hydrogen-bond acceptors (Lipinski definition) is 3. The van der Waals surface area contributed by atoms with Crippen LogP contribution in [0.4, 0.5) is 0 Å². The number of benzene rings is 9. The number of para-hydroxylation sites is 2. The van der Waals surface area contributed by atoms with Crippen LogP contribution in [0.5, 0.6) is 0 Å². The van der Waals surface area contributed by atoms with Crippen molar-refractivity contribution in [3.05, 3.63) is 182 Å². The molecule has 0 aliphatic heterocycles. The number of hydrogen-bond donors (Lipinski definition) is 0. The molecule has 256 valence electrons. The monoisotopic (exact) mass is 718 g/mol. The first-order valence-electron chi connectivity index (χ1n) is 18.6. The second-order valence-corrected chi connectivity index (χ2v) is 15.3. The summed E-state index contributed by atoms with van der Waals surface area (Å²) in [5.41, 5.74) is 11.9. The summed E-state index contributed by atoms with van der Waals surface area (Å²) in [6.45, 7) is 0. The molecule has 0 unspecified atom stereocenters. The van der Waals surface area contributed by atoms with E-state index in [0.29, 0.717) is 0 Å². The van der Waals surface area contributed by atoms with Crippen molar-refractivity contribution in [3.63, 3.8) is 0 Å². The van der Waals surface area contributed by atoms with Gasteiger partial charge in [0.15, 0.2) is 0 Å². The van der Waals surface area contributed by atoms with Crippen molar-refractivity contribution in [1.29, 1.82) is 0 Å². The van der Waals surface area contributed by atoms with E-state index in [1.165, 1.54) is 54.5 Å². The number of rotatable bonds is 4. The Labute approximate surface area is 320 Å². The van der Waals surface area contributed by atoms with E-state index >= 15 is 0 Å². The largest absolute Gasteiger partial charge is 0.455 e. The third-order valence-electron chi connectivity index (χ3n) is 11.2. The zero-order chi connectivity index (χ0) is 36.0. The number of aromatic nitrogens is 2. The molecular weight excluding hydrogens is 689 g/mol. The molecule has 0 saturated heterocycles. The predicted octanol–water partition coefficient (Wildman–Crippen LogP) is 14.6. The molecule has 12 rings (SSSR count). The molecule has 0 atom stereocenters. The van der Waals surface area contributed by atoms with Gasteiger partial charge >= 0.3 is 0 Å². The Bertz CT molecular complexity index is 3490. The van der Waals surface area contributed by atoms with Gasteiger partial charge in [-0.25, -0.2) is 4.98 Å². The third kappa shape index (κ3) is 4.65. The molecule has 3 heterocycles. The first kappa shape index (κ1) is 30.5. The molecular formula is C51H30N2OS. The Kier molecular flexibility index (Phi) is 6.50. The van der Waals surface area contributed by atoms with Crippen molar-refractivity contribution in [3.8, 4) is 38.5 Å². The minimum Gasteiger partial charge on any atom is -0.455 e. The molecule has 55 heavy (non-hydrogen) atoms. The highest BCUT2D eigenvalue weighted by Gasteiger charge is 2.21. The number of nitrogens with zero attached hydrogens (tertiary/aromatic N) is 2. The van der Waals surface area contributed by atoms with Gasteiger partial charge in [-0.1, -0.05) is 146 Å². The van der Waals surface area contributed by atoms with Crippen molar-refractivity contribution in [2.24, 2.45) is 0 Å². The van der Waals surface area contributed by atoms with Gasteiger partial charge in [-0.15, -0.1) is 11.3 Å². The summed E-state index contributed by atoms with van der Waals surface area (Å²) < 4.78 is 10.2. The minimum absolute atomic E-state index is 0.884. The molecule has 0 bridgehead atoms. The average Bonchev–Trinajstić information content (AvgIpc) is 3.95. The summed E-state index contributed by atoms with van der Waals surface area (Å²) in [6, 6.07) is 65.4. The SMILES string of the molecule is c1ccc2cc(-n3c4ccccc4c4ccc(-c5nc6cc(-c7ccc(-c8cccc9ccccc89)cc7)c7oc8ccccc8c7c6s5)cc43)ccc2c1. The molecule has 0 saturated carbocycles. The molecule has 0 N–H and O–H groups in total. The molecule has 3 aromatic heterocycles. The topological polar surface area (TPSA) is 31.0 Å². The predicted molar refractivity (Wildman–Crippen MR) is 233 cm³/mol. The van der Waals surface area contributed by atoms with Gasteiger partial charge in [-0.05, 0) is 74.6 Å². The Hall–Kier alpha value is -7.01. The summed E-state index contributed by atoms with van der Waals surface area (Å²) in [7, 11) is 0. The fraction of sp³-hybridized carbons (Fsp3) is 0. The summed E-state index contributed by atoms with van der Waals surface area (Å²) >= 11 is 1.74. The fourth-order valence-electron chi connectivity index (χ4n) is 8.61. The van der Waals surface area contributed by atoms with Crippen LogP contribution in [0.3, 0.4) is 0 Å². The highest BCUT2D eigenvalue weighted by atomic mass is 32.1. The molecule has 0 fully saturated rings. The molecule has 0 aliphatic rings. The van der Waals surface area contributed by atoms with Gasteiger partial charge < -0.3 is 8.98 Å². The van der Waals surface area contributed by atoms with Crippen molar-refractivity contribution >= 4 is 86.8 Å². The zero-order valence-electron chi connectivity index (χ0n) is 29.5. The van der Waals surface area contributed by atoms with Crippen LogP contribution in [-0.2, 0) is 0 Å². The fourth-order valence-corrected chi connectivity index (χ4v) is 9.71. The Morgan fingerprint density at radius 1 is 0.455 bits per heavy atom. The van der Waals surface area contributed by atoms with E-state index in [0.717, 1.165) is 59.5 Å². The number of thiazole rings is 1. The van der Waals surface area contributed by atoms with Crippen molar-refractivity contribution in [1.82, 2.24) is 9.55 Å². The van der Waals surface area contributed by atoms with E-state index in [9.17, 15) is 0 Å². The molecule has 4 heteroatoms. The maximum atomic E-state index is 6.70. The van der Waals surface area contributed by atoms with E-state index in [1.54, 1.807) is 11.3 Å². The Morgan fingerprint density at radius 2 is 1.13 bits per heavy atom. The van der Waals surface area contributed by atoms with E-state index in [4.69, 9.17) is 9.40 Å². The summed E-state index contributed by atoms with van der Waals surface area (Å²) in [5.74, 6) is 0. The lowest BCUT2D eigenvalue weighted by atomic mass is 9.95. The average molecular weight is 719 g/mol. The first-order valence-corrected chi connectivity index (χ1v) is 19.4. The van der Waals surface area contributed by atoms with E-state index in [1.807, 2.05) is 6.07 Å². The third-order valence-corrected chi connectivity index (χ3v) is 12.3. The van der Waals surface area contributed by atoms with Crippen LogP contribution < -0.4 is 0 Å². The van der Waals surface area contributed by atoms with E-state index in [-0.39, 0.29) is 0 Å². The van der Waals surface area contributed by atoms with Gasteiger partial charge in [0.25, 0.3) is 0 Å². The summed E-state index contributed by atoms with van der Waals surface area (Å²) in [4.78, 5) is 5.38. The zero-order valence-corrected chi connectivity index (χ0v) is 30.3. The van der Waals surface area contributed by atoms with Crippen LogP contribution >= 0.6 is 11.3 Å². The smallest absolute Gasteiger partial charge is 0.144 e. The van der Waals surface area contributed by atoms with Gasteiger partial charge in [0.2, 0.25) is 0 Å². The lowest BCUT2D eigenvalue weighted by Gasteiger charge is -2.10. The first-order chi connectivity index (χ1) is 27.2. The Balaban J connectivity index is 1.04. The Morgan fingerprint density at radius 3 is 2.00 bits per heavy atom.